The fourth-order valence-corrected chi connectivity index (χ4v) is 4.21. The number of nitrogens with zero attached hydrogens (tertiary/aromatic N) is 1. The fourth-order valence-electron chi connectivity index (χ4n) is 3.03. The predicted molar refractivity (Wildman–Crippen MR) is 78.8 cm³/mol. The largest absolute Gasteiger partial charge is 0.479 e. The van der Waals surface area contributed by atoms with E-state index in [0.717, 1.165) is 10.5 Å². The van der Waals surface area contributed by atoms with Crippen LogP contribution in [-0.2, 0) is 15.1 Å². The first-order chi connectivity index (χ1) is 9.41. The molecule has 1 aromatic carbocycles. The lowest BCUT2D eigenvalue weighted by atomic mass is 9.83. The van der Waals surface area contributed by atoms with Gasteiger partial charge < -0.3 is 10.0 Å². The second kappa shape index (κ2) is 5.48. The van der Waals surface area contributed by atoms with Gasteiger partial charge in [-0.15, -0.1) is 11.8 Å². The van der Waals surface area contributed by atoms with Crippen molar-refractivity contribution in [1.82, 2.24) is 4.90 Å². The highest BCUT2D eigenvalue weighted by Crippen LogP contribution is 2.45. The van der Waals surface area contributed by atoms with Crippen molar-refractivity contribution in [2.45, 2.75) is 43.7 Å². The summed E-state index contributed by atoms with van der Waals surface area (Å²) in [7, 11) is 0. The van der Waals surface area contributed by atoms with Crippen molar-refractivity contribution in [3.63, 3.8) is 0 Å². The van der Waals surface area contributed by atoms with Crippen molar-refractivity contribution in [3.05, 3.63) is 29.8 Å². The lowest BCUT2D eigenvalue weighted by Gasteiger charge is -2.45. The van der Waals surface area contributed by atoms with Crippen LogP contribution in [0.1, 0.15) is 32.8 Å². The average molecular weight is 293 g/mol. The third-order valence-corrected chi connectivity index (χ3v) is 4.75. The molecule has 108 valence electrons. The van der Waals surface area contributed by atoms with Crippen LogP contribution in [0.3, 0.4) is 0 Å². The summed E-state index contributed by atoms with van der Waals surface area (Å²) in [6.07, 6.45) is 0.432. The molecule has 1 amide bonds. The molecule has 1 heterocycles. The molecular formula is C15H19NO3S. The second-order valence-corrected chi connectivity index (χ2v) is 6.38. The Morgan fingerprint density at radius 2 is 2.00 bits per heavy atom. The first-order valence-electron chi connectivity index (χ1n) is 6.67. The number of carboxylic acids is 1. The van der Waals surface area contributed by atoms with E-state index in [9.17, 15) is 14.7 Å². The van der Waals surface area contributed by atoms with E-state index >= 15 is 0 Å². The zero-order chi connectivity index (χ0) is 14.9. The van der Waals surface area contributed by atoms with Gasteiger partial charge in [-0.2, -0.15) is 0 Å². The molecule has 1 aliphatic rings. The van der Waals surface area contributed by atoms with E-state index in [1.165, 1.54) is 11.8 Å². The molecule has 4 nitrogen and oxygen atoms in total. The fraction of sp³-hybridized carbons (Fsp3) is 0.467. The highest BCUT2D eigenvalue weighted by atomic mass is 32.2. The molecule has 1 atom stereocenters. The van der Waals surface area contributed by atoms with Crippen LogP contribution in [-0.4, -0.2) is 33.7 Å². The summed E-state index contributed by atoms with van der Waals surface area (Å²) in [5, 5.41) is 9.90. The molecule has 2 rings (SSSR count). The molecule has 20 heavy (non-hydrogen) atoms. The number of fused-ring (bicyclic) bond motifs is 1. The summed E-state index contributed by atoms with van der Waals surface area (Å²) in [5.41, 5.74) is -0.519. The molecule has 0 bridgehead atoms. The smallest absolute Gasteiger partial charge is 0.334 e. The van der Waals surface area contributed by atoms with Crippen LogP contribution in [0.4, 0.5) is 0 Å². The maximum atomic E-state index is 12.1. The Hall–Kier alpha value is -1.49. The summed E-state index contributed by atoms with van der Waals surface area (Å²) in [6.45, 7) is 5.15. The molecule has 0 aromatic heterocycles. The molecule has 1 aliphatic heterocycles. The van der Waals surface area contributed by atoms with E-state index in [1.54, 1.807) is 11.8 Å². The van der Waals surface area contributed by atoms with Crippen LogP contribution in [0.5, 0.6) is 0 Å². The standard InChI is InChI=1S/C15H19NO3S/c1-10(2)16(11(3)17)15(14(18)19)8-9-20-13-7-5-4-6-12(13)15/h4-7,10H,8-9H2,1-3H3,(H,18,19). The van der Waals surface area contributed by atoms with Crippen molar-refractivity contribution in [2.75, 3.05) is 5.75 Å². The monoisotopic (exact) mass is 293 g/mol. The van der Waals surface area contributed by atoms with Gasteiger partial charge in [0.1, 0.15) is 0 Å². The van der Waals surface area contributed by atoms with Crippen molar-refractivity contribution in [2.24, 2.45) is 0 Å². The van der Waals surface area contributed by atoms with E-state index < -0.39 is 11.5 Å². The Balaban J connectivity index is 2.68. The van der Waals surface area contributed by atoms with Crippen molar-refractivity contribution >= 4 is 23.6 Å². The van der Waals surface area contributed by atoms with Crippen LogP contribution >= 0.6 is 11.8 Å². The summed E-state index contributed by atoms with van der Waals surface area (Å²) in [4.78, 5) is 26.6. The lowest BCUT2D eigenvalue weighted by molar-refractivity contribution is -0.162. The van der Waals surface area contributed by atoms with Crippen molar-refractivity contribution < 1.29 is 14.7 Å². The predicted octanol–water partition coefficient (Wildman–Crippen LogP) is 2.72. The van der Waals surface area contributed by atoms with Gasteiger partial charge in [0.2, 0.25) is 5.91 Å². The van der Waals surface area contributed by atoms with Gasteiger partial charge in [0.25, 0.3) is 0 Å². The molecule has 0 saturated heterocycles. The van der Waals surface area contributed by atoms with Gasteiger partial charge in [-0.1, -0.05) is 18.2 Å². The zero-order valence-electron chi connectivity index (χ0n) is 11.9. The highest BCUT2D eigenvalue weighted by Gasteiger charge is 2.50. The van der Waals surface area contributed by atoms with E-state index in [1.807, 2.05) is 38.1 Å². The zero-order valence-corrected chi connectivity index (χ0v) is 12.7. The number of aliphatic carboxylic acids is 1. The molecule has 1 unspecified atom stereocenters. The van der Waals surface area contributed by atoms with Gasteiger partial charge in [-0.05, 0) is 26.3 Å². The maximum absolute atomic E-state index is 12.1. The van der Waals surface area contributed by atoms with Gasteiger partial charge in [0.05, 0.1) is 0 Å². The number of benzene rings is 1. The normalized spacial score (nSPS) is 21.4. The third kappa shape index (κ3) is 2.20. The Kier molecular flexibility index (Phi) is 4.09. The van der Waals surface area contributed by atoms with Crippen LogP contribution < -0.4 is 0 Å². The Morgan fingerprint density at radius 1 is 1.35 bits per heavy atom. The number of carboxylic acid groups (broad SMARTS) is 1. The van der Waals surface area contributed by atoms with Crippen LogP contribution in [0, 0.1) is 0 Å². The number of carbonyl (C=O) groups is 2. The Morgan fingerprint density at radius 3 is 2.55 bits per heavy atom. The molecule has 1 N–H and O–H groups in total. The summed E-state index contributed by atoms with van der Waals surface area (Å²) >= 11 is 1.65. The van der Waals surface area contributed by atoms with Crippen molar-refractivity contribution in [1.29, 1.82) is 0 Å². The van der Waals surface area contributed by atoms with Crippen molar-refractivity contribution in [3.8, 4) is 0 Å². The summed E-state index contributed by atoms with van der Waals surface area (Å²) < 4.78 is 0. The van der Waals surface area contributed by atoms with E-state index in [0.29, 0.717) is 12.2 Å². The number of amides is 1. The first kappa shape index (κ1) is 14.9. The van der Waals surface area contributed by atoms with Crippen LogP contribution in [0.25, 0.3) is 0 Å². The minimum absolute atomic E-state index is 0.167. The summed E-state index contributed by atoms with van der Waals surface area (Å²) in [5.74, 6) is -0.460. The van der Waals surface area contributed by atoms with Gasteiger partial charge in [0.15, 0.2) is 5.54 Å². The number of carbonyl (C=O) groups excluding carboxylic acids is 1. The minimum atomic E-state index is -1.25. The van der Waals surface area contributed by atoms with Crippen LogP contribution in [0.15, 0.2) is 29.2 Å². The molecule has 5 heteroatoms. The van der Waals surface area contributed by atoms with Gasteiger partial charge in [0, 0.05) is 29.2 Å². The Bertz CT molecular complexity index is 544. The SMILES string of the molecule is CC(=O)N(C(C)C)C1(C(=O)O)CCSc2ccccc21. The third-order valence-electron chi connectivity index (χ3n) is 3.67. The first-order valence-corrected chi connectivity index (χ1v) is 7.65. The number of hydrogen-bond donors (Lipinski definition) is 1. The molecule has 1 aromatic rings. The van der Waals surface area contributed by atoms with E-state index in [2.05, 4.69) is 0 Å². The molecule has 0 fully saturated rings. The molecular weight excluding hydrogens is 274 g/mol. The van der Waals surface area contributed by atoms with Gasteiger partial charge in [-0.25, -0.2) is 4.79 Å². The highest BCUT2D eigenvalue weighted by molar-refractivity contribution is 7.99. The van der Waals surface area contributed by atoms with Gasteiger partial charge >= 0.3 is 5.97 Å². The number of rotatable bonds is 3. The average Bonchev–Trinajstić information content (AvgIpc) is 2.37. The van der Waals surface area contributed by atoms with Gasteiger partial charge in [-0.3, -0.25) is 4.79 Å². The molecule has 0 saturated carbocycles. The maximum Gasteiger partial charge on any atom is 0.334 e. The Labute approximate surface area is 123 Å². The summed E-state index contributed by atoms with van der Waals surface area (Å²) in [6, 6.07) is 7.32. The molecule has 0 spiro atoms. The number of hydrogen-bond acceptors (Lipinski definition) is 3. The minimum Gasteiger partial charge on any atom is -0.479 e. The van der Waals surface area contributed by atoms with E-state index in [4.69, 9.17) is 0 Å². The lowest BCUT2D eigenvalue weighted by Crippen LogP contribution is -2.58. The van der Waals surface area contributed by atoms with E-state index in [-0.39, 0.29) is 11.9 Å². The second-order valence-electron chi connectivity index (χ2n) is 5.24. The molecule has 0 aliphatic carbocycles. The topological polar surface area (TPSA) is 57.6 Å². The van der Waals surface area contributed by atoms with Crippen LogP contribution in [0.2, 0.25) is 0 Å². The quantitative estimate of drug-likeness (QED) is 0.931. The number of thioether (sulfide) groups is 1. The molecule has 0 radical (unpaired) electrons.